The molecule has 1 heterocycles. The van der Waals surface area contributed by atoms with Crippen LogP contribution in [0.25, 0.3) is 5.69 Å². The number of nitrogens with zero attached hydrogens (tertiary/aromatic N) is 2. The molecule has 6 heteroatoms. The molecule has 2 aromatic rings. The quantitative estimate of drug-likeness (QED) is 0.858. The number of hydrogen-bond acceptors (Lipinski definition) is 3. The zero-order valence-corrected chi connectivity index (χ0v) is 9.62. The summed E-state index contributed by atoms with van der Waals surface area (Å²) in [6.07, 6.45) is 1.55. The highest BCUT2D eigenvalue weighted by Crippen LogP contribution is 2.14. The van der Waals surface area contributed by atoms with Gasteiger partial charge in [-0.25, -0.2) is 9.48 Å². The van der Waals surface area contributed by atoms with E-state index in [0.717, 1.165) is 0 Å². The topological polar surface area (TPSA) is 84.2 Å². The molecular weight excluding hydrogens is 234 g/mol. The lowest BCUT2D eigenvalue weighted by atomic mass is 10.3. The summed E-state index contributed by atoms with van der Waals surface area (Å²) in [5.74, 6) is -1.24. The Balaban J connectivity index is 2.32. The Morgan fingerprint density at radius 3 is 2.72 bits per heavy atom. The van der Waals surface area contributed by atoms with Gasteiger partial charge in [-0.15, -0.1) is 0 Å². The largest absolute Gasteiger partial charge is 0.476 e. The number of carboxylic acids is 1. The number of carbonyl (C=O) groups is 2. The number of carboxylic acid groups (broad SMARTS) is 1. The summed E-state index contributed by atoms with van der Waals surface area (Å²) in [6.45, 7) is 1.42. The van der Waals surface area contributed by atoms with Gasteiger partial charge in [0.1, 0.15) is 0 Å². The van der Waals surface area contributed by atoms with Crippen LogP contribution in [0, 0.1) is 0 Å². The van der Waals surface area contributed by atoms with E-state index in [0.29, 0.717) is 11.4 Å². The van der Waals surface area contributed by atoms with Crippen molar-refractivity contribution in [2.45, 2.75) is 6.92 Å². The molecule has 1 amide bonds. The van der Waals surface area contributed by atoms with Crippen LogP contribution in [-0.2, 0) is 4.79 Å². The van der Waals surface area contributed by atoms with Crippen LogP contribution in [0.2, 0.25) is 0 Å². The van der Waals surface area contributed by atoms with E-state index in [2.05, 4.69) is 10.4 Å². The molecule has 0 radical (unpaired) electrons. The molecule has 0 unspecified atom stereocenters. The van der Waals surface area contributed by atoms with E-state index >= 15 is 0 Å². The molecule has 92 valence electrons. The normalized spacial score (nSPS) is 10.1. The van der Waals surface area contributed by atoms with E-state index in [1.54, 1.807) is 30.5 Å². The molecule has 1 aromatic carbocycles. The first-order valence-electron chi connectivity index (χ1n) is 5.23. The van der Waals surface area contributed by atoms with Crippen LogP contribution in [0.5, 0.6) is 0 Å². The minimum atomic E-state index is -1.08. The fraction of sp³-hybridized carbons (Fsp3) is 0.0833. The Morgan fingerprint density at radius 2 is 2.11 bits per heavy atom. The second-order valence-electron chi connectivity index (χ2n) is 3.68. The molecule has 0 fully saturated rings. The Hall–Kier alpha value is -2.63. The van der Waals surface area contributed by atoms with Gasteiger partial charge in [0.25, 0.3) is 0 Å². The standard InChI is InChI=1S/C12H11N3O3/c1-8(16)13-9-3-2-4-10(7-9)15-6-5-11(14-15)12(17)18/h2-7H,1H3,(H,13,16)(H,17,18). The maximum atomic E-state index is 10.9. The summed E-state index contributed by atoms with van der Waals surface area (Å²) in [4.78, 5) is 21.7. The molecule has 0 aliphatic heterocycles. The summed E-state index contributed by atoms with van der Waals surface area (Å²) < 4.78 is 1.44. The average Bonchev–Trinajstić information content (AvgIpc) is 2.77. The first-order chi connectivity index (χ1) is 8.56. The lowest BCUT2D eigenvalue weighted by Crippen LogP contribution is -2.06. The lowest BCUT2D eigenvalue weighted by molar-refractivity contribution is -0.114. The van der Waals surface area contributed by atoms with Crippen LogP contribution in [0.3, 0.4) is 0 Å². The lowest BCUT2D eigenvalue weighted by Gasteiger charge is -2.05. The van der Waals surface area contributed by atoms with Gasteiger partial charge in [-0.1, -0.05) is 6.07 Å². The van der Waals surface area contributed by atoms with Gasteiger partial charge >= 0.3 is 5.97 Å². The van der Waals surface area contributed by atoms with E-state index < -0.39 is 5.97 Å². The smallest absolute Gasteiger partial charge is 0.356 e. The van der Waals surface area contributed by atoms with Crippen LogP contribution in [0.4, 0.5) is 5.69 Å². The van der Waals surface area contributed by atoms with Crippen molar-refractivity contribution in [1.82, 2.24) is 9.78 Å². The molecule has 0 saturated carbocycles. The van der Waals surface area contributed by atoms with Crippen LogP contribution < -0.4 is 5.32 Å². The first kappa shape index (κ1) is 11.8. The van der Waals surface area contributed by atoms with Crippen molar-refractivity contribution in [3.05, 3.63) is 42.2 Å². The van der Waals surface area contributed by atoms with Crippen LogP contribution in [0.1, 0.15) is 17.4 Å². The third-order valence-electron chi connectivity index (χ3n) is 2.24. The van der Waals surface area contributed by atoms with Gasteiger partial charge in [0.15, 0.2) is 5.69 Å². The van der Waals surface area contributed by atoms with Crippen molar-refractivity contribution >= 4 is 17.6 Å². The van der Waals surface area contributed by atoms with Crippen molar-refractivity contribution in [1.29, 1.82) is 0 Å². The van der Waals surface area contributed by atoms with E-state index in [1.807, 2.05) is 0 Å². The Morgan fingerprint density at radius 1 is 1.33 bits per heavy atom. The molecule has 0 atom stereocenters. The maximum absolute atomic E-state index is 10.9. The highest BCUT2D eigenvalue weighted by atomic mass is 16.4. The van der Waals surface area contributed by atoms with Crippen LogP contribution >= 0.6 is 0 Å². The monoisotopic (exact) mass is 245 g/mol. The van der Waals surface area contributed by atoms with Crippen molar-refractivity contribution in [3.63, 3.8) is 0 Å². The number of aromatic carboxylic acids is 1. The average molecular weight is 245 g/mol. The SMILES string of the molecule is CC(=O)Nc1cccc(-n2ccc(C(=O)O)n2)c1. The maximum Gasteiger partial charge on any atom is 0.356 e. The third-order valence-corrected chi connectivity index (χ3v) is 2.24. The highest BCUT2D eigenvalue weighted by Gasteiger charge is 2.08. The number of aromatic nitrogens is 2. The molecule has 1 aromatic heterocycles. The van der Waals surface area contributed by atoms with E-state index in [-0.39, 0.29) is 11.6 Å². The second kappa shape index (κ2) is 4.70. The van der Waals surface area contributed by atoms with Gasteiger partial charge in [-0.05, 0) is 24.3 Å². The molecule has 18 heavy (non-hydrogen) atoms. The minimum Gasteiger partial charge on any atom is -0.476 e. The van der Waals surface area contributed by atoms with Crippen molar-refractivity contribution in [2.24, 2.45) is 0 Å². The molecule has 2 rings (SSSR count). The van der Waals surface area contributed by atoms with E-state index in [1.165, 1.54) is 17.7 Å². The number of carbonyl (C=O) groups excluding carboxylic acids is 1. The number of hydrogen-bond donors (Lipinski definition) is 2. The molecular formula is C12H11N3O3. The van der Waals surface area contributed by atoms with Gasteiger partial charge in [-0.2, -0.15) is 5.10 Å². The number of benzene rings is 1. The number of anilines is 1. The highest BCUT2D eigenvalue weighted by molar-refractivity contribution is 5.89. The van der Waals surface area contributed by atoms with Gasteiger partial charge in [0, 0.05) is 18.8 Å². The predicted molar refractivity (Wildman–Crippen MR) is 64.8 cm³/mol. The molecule has 0 aliphatic carbocycles. The Bertz CT molecular complexity index is 604. The Labute approximate surface area is 103 Å². The fourth-order valence-corrected chi connectivity index (χ4v) is 1.51. The summed E-state index contributed by atoms with van der Waals surface area (Å²) >= 11 is 0. The fourth-order valence-electron chi connectivity index (χ4n) is 1.51. The first-order valence-corrected chi connectivity index (χ1v) is 5.23. The summed E-state index contributed by atoms with van der Waals surface area (Å²) in [5, 5.41) is 15.3. The Kier molecular flexibility index (Phi) is 3.09. The van der Waals surface area contributed by atoms with Gasteiger partial charge in [0.05, 0.1) is 5.69 Å². The number of nitrogens with one attached hydrogen (secondary N) is 1. The number of rotatable bonds is 3. The molecule has 0 saturated heterocycles. The van der Waals surface area contributed by atoms with Crippen LogP contribution in [-0.4, -0.2) is 26.8 Å². The van der Waals surface area contributed by atoms with E-state index in [4.69, 9.17) is 5.11 Å². The third kappa shape index (κ3) is 2.54. The van der Waals surface area contributed by atoms with Gasteiger partial charge in [0.2, 0.25) is 5.91 Å². The minimum absolute atomic E-state index is 0.0278. The molecule has 0 spiro atoms. The van der Waals surface area contributed by atoms with Crippen LogP contribution in [0.15, 0.2) is 36.5 Å². The van der Waals surface area contributed by atoms with E-state index in [9.17, 15) is 9.59 Å². The second-order valence-corrected chi connectivity index (χ2v) is 3.68. The number of amides is 1. The summed E-state index contributed by atoms with van der Waals surface area (Å²) in [5.41, 5.74) is 1.28. The molecule has 2 N–H and O–H groups in total. The van der Waals surface area contributed by atoms with Crippen molar-refractivity contribution < 1.29 is 14.7 Å². The predicted octanol–water partition coefficient (Wildman–Crippen LogP) is 1.53. The molecule has 0 bridgehead atoms. The zero-order valence-electron chi connectivity index (χ0n) is 9.62. The molecule has 0 aliphatic rings. The van der Waals surface area contributed by atoms with Crippen molar-refractivity contribution in [3.8, 4) is 5.69 Å². The van der Waals surface area contributed by atoms with Gasteiger partial charge in [-0.3, -0.25) is 4.79 Å². The molecule has 6 nitrogen and oxygen atoms in total. The van der Waals surface area contributed by atoms with Gasteiger partial charge < -0.3 is 10.4 Å². The summed E-state index contributed by atoms with van der Waals surface area (Å²) in [6, 6.07) is 8.38. The zero-order chi connectivity index (χ0) is 13.1. The summed E-state index contributed by atoms with van der Waals surface area (Å²) in [7, 11) is 0. The van der Waals surface area contributed by atoms with Crippen molar-refractivity contribution in [2.75, 3.05) is 5.32 Å².